The second kappa shape index (κ2) is 7.22. The number of carbonyl (C=O) groups excluding carboxylic acids is 2. The summed E-state index contributed by atoms with van der Waals surface area (Å²) in [5, 5.41) is 10.2. The van der Waals surface area contributed by atoms with Gasteiger partial charge in [-0.05, 0) is 43.2 Å². The van der Waals surface area contributed by atoms with E-state index in [1.54, 1.807) is 19.1 Å². The molecular weight excluding hydrogens is 408 g/mol. The number of fused-ring (bicyclic) bond motifs is 2. The van der Waals surface area contributed by atoms with Crippen molar-refractivity contribution in [2.24, 2.45) is 0 Å². The zero-order valence-electron chi connectivity index (χ0n) is 17.1. The topological polar surface area (TPSA) is 77.2 Å². The fourth-order valence-electron chi connectivity index (χ4n) is 5.07. The van der Waals surface area contributed by atoms with Gasteiger partial charge in [-0.15, -0.1) is 0 Å². The molecule has 2 amide bonds. The molecule has 0 bridgehead atoms. The van der Waals surface area contributed by atoms with Crippen LogP contribution in [0.5, 0.6) is 0 Å². The summed E-state index contributed by atoms with van der Waals surface area (Å²) in [5.74, 6) is -1.21. The number of aliphatic hydroxyl groups is 1. The monoisotopic (exact) mass is 431 g/mol. The highest BCUT2D eigenvalue weighted by atomic mass is 19.2. The summed E-state index contributed by atoms with van der Waals surface area (Å²) >= 11 is 0. The fourth-order valence-corrected chi connectivity index (χ4v) is 5.07. The summed E-state index contributed by atoms with van der Waals surface area (Å²) in [6, 6.07) is 6.72. The molecule has 31 heavy (non-hydrogen) atoms. The van der Waals surface area contributed by atoms with E-state index in [9.17, 15) is 23.5 Å². The van der Waals surface area contributed by atoms with Crippen LogP contribution in [0.3, 0.4) is 0 Å². The smallest absolute Gasteiger partial charge is 0.252 e. The number of hydrogen-bond donors (Lipinski definition) is 1. The maximum atomic E-state index is 13.5. The first-order valence-corrected chi connectivity index (χ1v) is 10.3. The Kier molecular flexibility index (Phi) is 4.72. The third-order valence-electron chi connectivity index (χ3n) is 6.49. The fraction of sp³-hybridized carbons (Fsp3) is 0.455. The van der Waals surface area contributed by atoms with E-state index in [0.717, 1.165) is 12.1 Å². The first-order chi connectivity index (χ1) is 14.8. The Balaban J connectivity index is 1.38. The summed E-state index contributed by atoms with van der Waals surface area (Å²) in [4.78, 5) is 31.6. The molecule has 2 aromatic rings. The molecule has 0 saturated carbocycles. The molecule has 3 aliphatic heterocycles. The van der Waals surface area contributed by atoms with Crippen LogP contribution < -0.4 is 0 Å². The minimum absolute atomic E-state index is 0.0524. The van der Waals surface area contributed by atoms with Gasteiger partial charge >= 0.3 is 0 Å². The Morgan fingerprint density at radius 1 is 1.13 bits per heavy atom. The number of piperazine rings is 1. The van der Waals surface area contributed by atoms with Crippen LogP contribution in [0.2, 0.25) is 0 Å². The number of rotatable bonds is 4. The molecule has 0 radical (unpaired) electrons. The molecule has 9 heteroatoms. The van der Waals surface area contributed by atoms with Crippen molar-refractivity contribution in [3.63, 3.8) is 0 Å². The van der Waals surface area contributed by atoms with Gasteiger partial charge in [-0.3, -0.25) is 24.3 Å². The molecule has 0 aliphatic carbocycles. The molecule has 1 N–H and O–H groups in total. The first-order valence-electron chi connectivity index (χ1n) is 10.3. The van der Waals surface area contributed by atoms with Gasteiger partial charge < -0.3 is 9.52 Å². The number of hydrogen-bond acceptors (Lipinski definition) is 6. The number of likely N-dealkylation sites (tertiary alicyclic amines) is 1. The highest BCUT2D eigenvalue weighted by molar-refractivity contribution is 6.06. The van der Waals surface area contributed by atoms with Crippen molar-refractivity contribution in [3.8, 4) is 0 Å². The standard InChI is InChI=1S/C22H23F2N3O4/c1-13-2-4-16(31-13)10-26-20(29)19-7-15(28)9-27(19)22(21(26)30)11-25(12-22)8-14-3-5-17(23)18(24)6-14/h2-6,15,19,28H,7-12H2,1H3. The first kappa shape index (κ1) is 20.3. The normalized spacial score (nSPS) is 25.9. The lowest BCUT2D eigenvalue weighted by atomic mass is 9.82. The number of imide groups is 1. The lowest BCUT2D eigenvalue weighted by molar-refractivity contribution is -0.181. The molecule has 1 spiro atoms. The summed E-state index contributed by atoms with van der Waals surface area (Å²) in [6.45, 7) is 3.15. The molecule has 1 aromatic carbocycles. The van der Waals surface area contributed by atoms with Gasteiger partial charge in [0.25, 0.3) is 5.91 Å². The van der Waals surface area contributed by atoms with E-state index < -0.39 is 29.3 Å². The van der Waals surface area contributed by atoms with Crippen LogP contribution in [0.25, 0.3) is 0 Å². The van der Waals surface area contributed by atoms with E-state index >= 15 is 0 Å². The summed E-state index contributed by atoms with van der Waals surface area (Å²) in [7, 11) is 0. The highest BCUT2D eigenvalue weighted by Gasteiger charge is 2.64. The molecule has 3 saturated heterocycles. The second-order valence-corrected chi connectivity index (χ2v) is 8.72. The van der Waals surface area contributed by atoms with Gasteiger partial charge in [-0.2, -0.15) is 0 Å². The predicted octanol–water partition coefficient (Wildman–Crippen LogP) is 1.42. The third-order valence-corrected chi connectivity index (χ3v) is 6.49. The average molecular weight is 431 g/mol. The molecular formula is C22H23F2N3O4. The number of aliphatic hydroxyl groups excluding tert-OH is 1. The van der Waals surface area contributed by atoms with Crippen LogP contribution in [0.1, 0.15) is 23.5 Å². The molecule has 7 nitrogen and oxygen atoms in total. The molecule has 3 fully saturated rings. The maximum Gasteiger partial charge on any atom is 0.252 e. The van der Waals surface area contributed by atoms with E-state index in [4.69, 9.17) is 4.42 Å². The van der Waals surface area contributed by atoms with Crippen LogP contribution >= 0.6 is 0 Å². The molecule has 2 unspecified atom stereocenters. The number of furan rings is 1. The zero-order chi connectivity index (χ0) is 21.9. The van der Waals surface area contributed by atoms with E-state index in [1.165, 1.54) is 11.0 Å². The van der Waals surface area contributed by atoms with Crippen LogP contribution in [-0.2, 0) is 22.7 Å². The van der Waals surface area contributed by atoms with Crippen molar-refractivity contribution in [1.29, 1.82) is 0 Å². The minimum Gasteiger partial charge on any atom is -0.464 e. The van der Waals surface area contributed by atoms with Gasteiger partial charge in [0.05, 0.1) is 18.7 Å². The van der Waals surface area contributed by atoms with Crippen molar-refractivity contribution in [3.05, 3.63) is 59.1 Å². The van der Waals surface area contributed by atoms with Gasteiger partial charge in [0, 0.05) is 26.2 Å². The maximum absolute atomic E-state index is 13.5. The summed E-state index contributed by atoms with van der Waals surface area (Å²) in [5.41, 5.74) is -0.315. The van der Waals surface area contributed by atoms with Crippen molar-refractivity contribution in [2.75, 3.05) is 19.6 Å². The highest BCUT2D eigenvalue weighted by Crippen LogP contribution is 2.41. The number of aryl methyl sites for hydroxylation is 1. The van der Waals surface area contributed by atoms with Crippen LogP contribution in [0.4, 0.5) is 8.78 Å². The van der Waals surface area contributed by atoms with Gasteiger partial charge in [0.15, 0.2) is 11.6 Å². The number of nitrogens with zero attached hydrogens (tertiary/aromatic N) is 3. The Labute approximate surface area is 177 Å². The Hall–Kier alpha value is -2.62. The van der Waals surface area contributed by atoms with E-state index in [1.807, 2.05) is 9.80 Å². The molecule has 5 rings (SSSR count). The predicted molar refractivity (Wildman–Crippen MR) is 104 cm³/mol. The average Bonchev–Trinajstić information content (AvgIpc) is 3.29. The quantitative estimate of drug-likeness (QED) is 0.738. The second-order valence-electron chi connectivity index (χ2n) is 8.72. The van der Waals surface area contributed by atoms with Crippen molar-refractivity contribution >= 4 is 11.8 Å². The molecule has 2 atom stereocenters. The van der Waals surface area contributed by atoms with Crippen LogP contribution in [0.15, 0.2) is 34.7 Å². The van der Waals surface area contributed by atoms with E-state index in [-0.39, 0.29) is 31.3 Å². The summed E-state index contributed by atoms with van der Waals surface area (Å²) in [6.07, 6.45) is -0.394. The van der Waals surface area contributed by atoms with Gasteiger partial charge in [0.1, 0.15) is 17.1 Å². The molecule has 3 aliphatic rings. The SMILES string of the molecule is Cc1ccc(CN2C(=O)C3CC(O)CN3C3(CN(Cc4ccc(F)c(F)c4)C3)C2=O)o1. The van der Waals surface area contributed by atoms with Gasteiger partial charge in [-0.25, -0.2) is 8.78 Å². The molecule has 1 aromatic heterocycles. The lowest BCUT2D eigenvalue weighted by Crippen LogP contribution is -2.81. The minimum atomic E-state index is -0.920. The lowest BCUT2D eigenvalue weighted by Gasteiger charge is -2.58. The van der Waals surface area contributed by atoms with Gasteiger partial charge in [0.2, 0.25) is 5.91 Å². The summed E-state index contributed by atoms with van der Waals surface area (Å²) < 4.78 is 32.3. The van der Waals surface area contributed by atoms with E-state index in [2.05, 4.69) is 0 Å². The van der Waals surface area contributed by atoms with Crippen molar-refractivity contribution in [2.45, 2.75) is 44.1 Å². The Morgan fingerprint density at radius 3 is 2.58 bits per heavy atom. The number of β-amino-alcohol motifs (C(OH)–C–C–N with tert-alkyl or cyclic N) is 1. The Bertz CT molecular complexity index is 1050. The number of halogens is 2. The number of amides is 2. The third kappa shape index (κ3) is 3.28. The largest absolute Gasteiger partial charge is 0.464 e. The van der Waals surface area contributed by atoms with Crippen molar-refractivity contribution < 1.29 is 27.9 Å². The molecule has 164 valence electrons. The van der Waals surface area contributed by atoms with E-state index in [0.29, 0.717) is 36.7 Å². The van der Waals surface area contributed by atoms with Crippen molar-refractivity contribution in [1.82, 2.24) is 14.7 Å². The Morgan fingerprint density at radius 2 is 1.90 bits per heavy atom. The zero-order valence-corrected chi connectivity index (χ0v) is 17.1. The number of benzene rings is 1. The number of carbonyl (C=O) groups is 2. The van der Waals surface area contributed by atoms with Gasteiger partial charge in [-0.1, -0.05) is 6.07 Å². The van der Waals surface area contributed by atoms with Crippen LogP contribution in [0, 0.1) is 18.6 Å². The molecule has 4 heterocycles. The van der Waals surface area contributed by atoms with Crippen LogP contribution in [-0.4, -0.2) is 68.9 Å².